The average molecular weight is 362 g/mol. The molecule has 0 radical (unpaired) electrons. The van der Waals surface area contributed by atoms with Gasteiger partial charge in [-0.2, -0.15) is 0 Å². The lowest BCUT2D eigenvalue weighted by Gasteiger charge is -2.13. The largest absolute Gasteiger partial charge is 0.488 e. The Kier molecular flexibility index (Phi) is 5.51. The normalized spacial score (nSPS) is 12.4. The van der Waals surface area contributed by atoms with Crippen molar-refractivity contribution in [1.29, 1.82) is 0 Å². The van der Waals surface area contributed by atoms with Crippen molar-refractivity contribution in [3.8, 4) is 5.75 Å². The molecule has 1 aromatic heterocycles. The second kappa shape index (κ2) is 7.15. The van der Waals surface area contributed by atoms with Crippen molar-refractivity contribution in [3.63, 3.8) is 0 Å². The predicted molar refractivity (Wildman–Crippen MR) is 80.3 cm³/mol. The lowest BCUT2D eigenvalue weighted by Crippen LogP contribution is -2.24. The van der Waals surface area contributed by atoms with Gasteiger partial charge in [-0.1, -0.05) is 6.07 Å². The number of thiophene rings is 1. The lowest BCUT2D eigenvalue weighted by molar-refractivity contribution is 0.291. The van der Waals surface area contributed by atoms with Crippen molar-refractivity contribution in [1.82, 2.24) is 5.32 Å². The molecular formula is C14H14BrF2NOS. The van der Waals surface area contributed by atoms with Crippen LogP contribution in [0.5, 0.6) is 5.75 Å². The molecular weight excluding hydrogens is 348 g/mol. The van der Waals surface area contributed by atoms with Gasteiger partial charge in [-0.25, -0.2) is 8.78 Å². The minimum absolute atomic E-state index is 0.0389. The first-order chi connectivity index (χ1) is 9.58. The summed E-state index contributed by atoms with van der Waals surface area (Å²) in [4.78, 5) is 1.24. The van der Waals surface area contributed by atoms with Crippen molar-refractivity contribution in [2.24, 2.45) is 0 Å². The van der Waals surface area contributed by atoms with Crippen molar-refractivity contribution >= 4 is 27.3 Å². The van der Waals surface area contributed by atoms with Gasteiger partial charge in [0.1, 0.15) is 12.4 Å². The van der Waals surface area contributed by atoms with E-state index in [1.165, 1.54) is 10.9 Å². The molecule has 1 aromatic carbocycles. The van der Waals surface area contributed by atoms with Gasteiger partial charge in [-0.15, -0.1) is 11.3 Å². The van der Waals surface area contributed by atoms with E-state index in [-0.39, 0.29) is 16.3 Å². The summed E-state index contributed by atoms with van der Waals surface area (Å²) in [5, 5.41) is 5.30. The first-order valence-corrected chi connectivity index (χ1v) is 7.79. The number of rotatable bonds is 6. The SMILES string of the molecule is CC(NCCOc1c(F)cc(F)cc1Br)c1cccs1. The third-order valence-corrected chi connectivity index (χ3v) is 4.38. The van der Waals surface area contributed by atoms with E-state index in [1.807, 2.05) is 11.4 Å². The Morgan fingerprint density at radius 3 is 2.85 bits per heavy atom. The fourth-order valence-corrected chi connectivity index (χ4v) is 3.02. The van der Waals surface area contributed by atoms with Crippen LogP contribution in [0.4, 0.5) is 8.78 Å². The maximum absolute atomic E-state index is 13.5. The Bertz CT molecular complexity index is 539. The minimum atomic E-state index is -0.705. The molecule has 0 aliphatic heterocycles. The number of halogens is 3. The molecule has 0 aliphatic carbocycles. The van der Waals surface area contributed by atoms with Crippen LogP contribution in [0.3, 0.4) is 0 Å². The second-order valence-corrected chi connectivity index (χ2v) is 6.07. The van der Waals surface area contributed by atoms with Crippen LogP contribution >= 0.6 is 27.3 Å². The number of hydrogen-bond donors (Lipinski definition) is 1. The van der Waals surface area contributed by atoms with Crippen LogP contribution in [0.25, 0.3) is 0 Å². The maximum Gasteiger partial charge on any atom is 0.169 e. The first-order valence-electron chi connectivity index (χ1n) is 6.12. The molecule has 1 heterocycles. The number of ether oxygens (including phenoxy) is 1. The van der Waals surface area contributed by atoms with E-state index >= 15 is 0 Å². The number of benzene rings is 1. The average Bonchev–Trinajstić information content (AvgIpc) is 2.90. The molecule has 0 saturated heterocycles. The molecule has 0 aliphatic rings. The van der Waals surface area contributed by atoms with Crippen LogP contribution in [0.2, 0.25) is 0 Å². The molecule has 108 valence electrons. The van der Waals surface area contributed by atoms with Gasteiger partial charge in [-0.3, -0.25) is 0 Å². The van der Waals surface area contributed by atoms with Gasteiger partial charge >= 0.3 is 0 Å². The quantitative estimate of drug-likeness (QED) is 0.763. The van der Waals surface area contributed by atoms with Gasteiger partial charge in [0.15, 0.2) is 11.6 Å². The van der Waals surface area contributed by atoms with Crippen molar-refractivity contribution < 1.29 is 13.5 Å². The summed E-state index contributed by atoms with van der Waals surface area (Å²) < 4.78 is 32.1. The van der Waals surface area contributed by atoms with Crippen LogP contribution in [0, 0.1) is 11.6 Å². The number of nitrogens with one attached hydrogen (secondary N) is 1. The highest BCUT2D eigenvalue weighted by Crippen LogP contribution is 2.29. The molecule has 1 atom stereocenters. The molecule has 0 spiro atoms. The monoisotopic (exact) mass is 361 g/mol. The molecule has 2 nitrogen and oxygen atoms in total. The first kappa shape index (κ1) is 15.4. The van der Waals surface area contributed by atoms with Gasteiger partial charge in [0.25, 0.3) is 0 Å². The van der Waals surface area contributed by atoms with E-state index in [0.29, 0.717) is 13.2 Å². The highest BCUT2D eigenvalue weighted by molar-refractivity contribution is 9.10. The molecule has 20 heavy (non-hydrogen) atoms. The van der Waals surface area contributed by atoms with Gasteiger partial charge in [0.05, 0.1) is 4.47 Å². The summed E-state index contributed by atoms with van der Waals surface area (Å²) in [5.74, 6) is -1.30. The second-order valence-electron chi connectivity index (χ2n) is 4.24. The van der Waals surface area contributed by atoms with Gasteiger partial charge in [0, 0.05) is 23.5 Å². The Morgan fingerprint density at radius 2 is 2.20 bits per heavy atom. The van der Waals surface area contributed by atoms with E-state index in [9.17, 15) is 8.78 Å². The van der Waals surface area contributed by atoms with E-state index in [2.05, 4.69) is 34.2 Å². The highest BCUT2D eigenvalue weighted by Gasteiger charge is 2.11. The highest BCUT2D eigenvalue weighted by atomic mass is 79.9. The summed E-state index contributed by atoms with van der Waals surface area (Å²) in [6, 6.07) is 6.26. The van der Waals surface area contributed by atoms with E-state index in [1.54, 1.807) is 11.3 Å². The van der Waals surface area contributed by atoms with Crippen LogP contribution in [-0.2, 0) is 0 Å². The van der Waals surface area contributed by atoms with Crippen molar-refractivity contribution in [3.05, 3.63) is 50.6 Å². The molecule has 0 bridgehead atoms. The van der Waals surface area contributed by atoms with Crippen molar-refractivity contribution in [2.45, 2.75) is 13.0 Å². The molecule has 1 unspecified atom stereocenters. The molecule has 1 N–H and O–H groups in total. The summed E-state index contributed by atoms with van der Waals surface area (Å²) in [5.41, 5.74) is 0. The third-order valence-electron chi connectivity index (χ3n) is 2.73. The summed E-state index contributed by atoms with van der Waals surface area (Å²) in [7, 11) is 0. The standard InChI is InChI=1S/C14H14BrF2NOS/c1-9(13-3-2-6-20-13)18-4-5-19-14-11(15)7-10(16)8-12(14)17/h2-3,6-9,18H,4-5H2,1H3. The van der Waals surface area contributed by atoms with Crippen molar-refractivity contribution in [2.75, 3.05) is 13.2 Å². The summed E-state index contributed by atoms with van der Waals surface area (Å²) in [6.07, 6.45) is 0. The van der Waals surface area contributed by atoms with E-state index in [0.717, 1.165) is 6.07 Å². The van der Waals surface area contributed by atoms with Crippen LogP contribution in [0.15, 0.2) is 34.1 Å². The van der Waals surface area contributed by atoms with Gasteiger partial charge < -0.3 is 10.1 Å². The fraction of sp³-hybridized carbons (Fsp3) is 0.286. The van der Waals surface area contributed by atoms with Crippen LogP contribution in [0.1, 0.15) is 17.8 Å². The lowest BCUT2D eigenvalue weighted by atomic mass is 10.3. The maximum atomic E-state index is 13.5. The Morgan fingerprint density at radius 1 is 1.40 bits per heavy atom. The van der Waals surface area contributed by atoms with Crippen LogP contribution in [-0.4, -0.2) is 13.2 Å². The Labute approximate surface area is 128 Å². The zero-order valence-corrected chi connectivity index (χ0v) is 13.2. The minimum Gasteiger partial charge on any atom is -0.488 e. The molecule has 0 saturated carbocycles. The van der Waals surface area contributed by atoms with Gasteiger partial charge in [-0.05, 0) is 40.4 Å². The van der Waals surface area contributed by atoms with Crippen LogP contribution < -0.4 is 10.1 Å². The topological polar surface area (TPSA) is 21.3 Å². The fourth-order valence-electron chi connectivity index (χ4n) is 1.73. The predicted octanol–water partition coefficient (Wildman–Crippen LogP) is 4.52. The molecule has 0 fully saturated rings. The number of hydrogen-bond acceptors (Lipinski definition) is 3. The summed E-state index contributed by atoms with van der Waals surface area (Å²) >= 11 is 4.77. The molecule has 0 amide bonds. The summed E-state index contributed by atoms with van der Waals surface area (Å²) in [6.45, 7) is 2.93. The zero-order chi connectivity index (χ0) is 14.5. The Hall–Kier alpha value is -0.980. The molecule has 2 rings (SSSR count). The smallest absolute Gasteiger partial charge is 0.169 e. The van der Waals surface area contributed by atoms with E-state index < -0.39 is 11.6 Å². The third kappa shape index (κ3) is 4.01. The van der Waals surface area contributed by atoms with Gasteiger partial charge in [0.2, 0.25) is 0 Å². The van der Waals surface area contributed by atoms with E-state index in [4.69, 9.17) is 4.74 Å². The Balaban J connectivity index is 1.82. The molecule has 6 heteroatoms. The zero-order valence-electron chi connectivity index (χ0n) is 10.8. The molecule has 2 aromatic rings.